The minimum absolute atomic E-state index is 0.00866. The van der Waals surface area contributed by atoms with Crippen molar-refractivity contribution in [2.75, 3.05) is 5.32 Å². The van der Waals surface area contributed by atoms with Crippen LogP contribution in [0.4, 0.5) is 15.9 Å². The van der Waals surface area contributed by atoms with Gasteiger partial charge in [-0.05, 0) is 71.2 Å². The number of hydrogen-bond donors (Lipinski definition) is 1. The van der Waals surface area contributed by atoms with Gasteiger partial charge >= 0.3 is 0 Å². The van der Waals surface area contributed by atoms with Crippen LogP contribution >= 0.6 is 11.3 Å². The van der Waals surface area contributed by atoms with Crippen LogP contribution in [0.2, 0.25) is 0 Å². The van der Waals surface area contributed by atoms with Crippen molar-refractivity contribution in [3.8, 4) is 0 Å². The lowest BCUT2D eigenvalue weighted by molar-refractivity contribution is -0.124. The first-order valence-corrected chi connectivity index (χ1v) is 13.1. The maximum Gasteiger partial charge on any atom is 0.142 e. The standard InChI is InChI=1S/C29H27FN4OS/c1-29(2,20-5-7-21(30)8-6-20)13-24(35)17-4-10-23-25(12-17)36-28-26(23)27(32-16-33-28)34-22-9-3-18-14-31-15-19(18)11-22/h3,5-9,11,15-17H,4,10,12-14H2,1-2H3,(H,32,33,34). The monoisotopic (exact) mass is 498 g/mol. The molecule has 0 radical (unpaired) electrons. The molecule has 0 bridgehead atoms. The third-order valence-electron chi connectivity index (χ3n) is 7.44. The number of Topliss-reactive ketones (excluding diaryl/α,β-unsaturated/α-hetero) is 1. The zero-order valence-corrected chi connectivity index (χ0v) is 21.2. The van der Waals surface area contributed by atoms with Gasteiger partial charge in [0.25, 0.3) is 0 Å². The Kier molecular flexibility index (Phi) is 5.67. The number of carbonyl (C=O) groups excluding carboxylic acids is 1. The smallest absolute Gasteiger partial charge is 0.142 e. The molecule has 0 saturated carbocycles. The molecule has 2 aromatic heterocycles. The number of halogens is 1. The summed E-state index contributed by atoms with van der Waals surface area (Å²) in [5.74, 6) is 0.823. The zero-order valence-electron chi connectivity index (χ0n) is 20.3. The Labute approximate surface area is 213 Å². The van der Waals surface area contributed by atoms with E-state index in [1.54, 1.807) is 29.8 Å². The number of aliphatic imine (C=N–C) groups is 1. The normalized spacial score (nSPS) is 16.7. The molecule has 4 aromatic rings. The molecule has 1 unspecified atom stereocenters. The molecule has 36 heavy (non-hydrogen) atoms. The van der Waals surface area contributed by atoms with Gasteiger partial charge in [0.05, 0.1) is 11.9 Å². The van der Waals surface area contributed by atoms with E-state index < -0.39 is 0 Å². The highest BCUT2D eigenvalue weighted by molar-refractivity contribution is 7.19. The molecule has 1 N–H and O–H groups in total. The topological polar surface area (TPSA) is 67.2 Å². The molecule has 2 aliphatic rings. The second-order valence-corrected chi connectivity index (χ2v) is 11.5. The molecule has 0 saturated heterocycles. The van der Waals surface area contributed by atoms with Crippen molar-refractivity contribution in [3.05, 3.63) is 81.7 Å². The Balaban J connectivity index is 1.23. The maximum absolute atomic E-state index is 13.4. The molecular formula is C29H27FN4OS. The first kappa shape index (κ1) is 23.0. The van der Waals surface area contributed by atoms with Crippen LogP contribution in [0.1, 0.15) is 53.8 Å². The van der Waals surface area contributed by atoms with E-state index in [0.717, 1.165) is 58.7 Å². The van der Waals surface area contributed by atoms with Crippen LogP contribution in [0.15, 0.2) is 53.8 Å². The van der Waals surface area contributed by atoms with Gasteiger partial charge in [-0.1, -0.05) is 32.0 Å². The summed E-state index contributed by atoms with van der Waals surface area (Å²) in [5.41, 5.74) is 5.27. The van der Waals surface area contributed by atoms with Crippen LogP contribution in [-0.4, -0.2) is 22.0 Å². The molecule has 0 amide bonds. The molecule has 1 atom stereocenters. The van der Waals surface area contributed by atoms with E-state index >= 15 is 0 Å². The SMILES string of the molecule is CC(C)(CC(=O)C1CCc2c(sc3ncnc(Nc4ccc5c(c4)C=NC5)c23)C1)c1ccc(F)cc1. The Morgan fingerprint density at radius 3 is 2.83 bits per heavy atom. The number of aromatic nitrogens is 2. The summed E-state index contributed by atoms with van der Waals surface area (Å²) in [4.78, 5) is 29.0. The van der Waals surface area contributed by atoms with Crippen molar-refractivity contribution in [3.63, 3.8) is 0 Å². The van der Waals surface area contributed by atoms with Crippen LogP contribution < -0.4 is 5.32 Å². The minimum atomic E-state index is -0.339. The highest BCUT2D eigenvalue weighted by Gasteiger charge is 2.33. The van der Waals surface area contributed by atoms with Crippen molar-refractivity contribution in [2.24, 2.45) is 10.9 Å². The summed E-state index contributed by atoms with van der Waals surface area (Å²) < 4.78 is 13.4. The highest BCUT2D eigenvalue weighted by atomic mass is 32.1. The predicted octanol–water partition coefficient (Wildman–Crippen LogP) is 6.55. The van der Waals surface area contributed by atoms with Crippen LogP contribution in [0.5, 0.6) is 0 Å². The number of aryl methyl sites for hydroxylation is 1. The van der Waals surface area contributed by atoms with E-state index in [0.29, 0.717) is 6.42 Å². The Hall–Kier alpha value is -3.45. The van der Waals surface area contributed by atoms with Gasteiger partial charge in [-0.3, -0.25) is 9.79 Å². The van der Waals surface area contributed by atoms with Gasteiger partial charge in [0.15, 0.2) is 0 Å². The first-order valence-electron chi connectivity index (χ1n) is 12.3. The molecule has 6 rings (SSSR count). The predicted molar refractivity (Wildman–Crippen MR) is 143 cm³/mol. The lowest BCUT2D eigenvalue weighted by Gasteiger charge is -2.28. The van der Waals surface area contributed by atoms with Crippen LogP contribution in [0.3, 0.4) is 0 Å². The fourth-order valence-corrected chi connectivity index (χ4v) is 6.65. The van der Waals surface area contributed by atoms with Crippen LogP contribution in [-0.2, 0) is 29.6 Å². The number of hydrogen-bond acceptors (Lipinski definition) is 6. The van der Waals surface area contributed by atoms with Gasteiger partial charge in [0, 0.05) is 29.1 Å². The van der Waals surface area contributed by atoms with Crippen molar-refractivity contribution >= 4 is 45.1 Å². The number of anilines is 2. The minimum Gasteiger partial charge on any atom is -0.340 e. The number of nitrogens with zero attached hydrogens (tertiary/aromatic N) is 3. The van der Waals surface area contributed by atoms with Gasteiger partial charge in [-0.2, -0.15) is 0 Å². The van der Waals surface area contributed by atoms with E-state index in [1.807, 2.05) is 6.21 Å². The zero-order chi connectivity index (χ0) is 24.9. The summed E-state index contributed by atoms with van der Waals surface area (Å²) in [6, 6.07) is 12.8. The Morgan fingerprint density at radius 1 is 1.17 bits per heavy atom. The number of ketones is 1. The first-order chi connectivity index (χ1) is 17.4. The lowest BCUT2D eigenvalue weighted by atomic mass is 9.75. The van der Waals surface area contributed by atoms with E-state index in [9.17, 15) is 9.18 Å². The summed E-state index contributed by atoms with van der Waals surface area (Å²) in [5, 5.41) is 4.57. The number of rotatable bonds is 6. The van der Waals surface area contributed by atoms with Crippen molar-refractivity contribution in [1.29, 1.82) is 0 Å². The quantitative estimate of drug-likeness (QED) is 0.327. The fraction of sp³-hybridized carbons (Fsp3) is 0.310. The number of nitrogens with one attached hydrogen (secondary N) is 1. The third-order valence-corrected chi connectivity index (χ3v) is 8.61. The summed E-state index contributed by atoms with van der Waals surface area (Å²) in [6.07, 6.45) is 6.36. The fourth-order valence-electron chi connectivity index (χ4n) is 5.38. The second kappa shape index (κ2) is 8.89. The van der Waals surface area contributed by atoms with Crippen molar-refractivity contribution < 1.29 is 9.18 Å². The average molecular weight is 499 g/mol. The number of benzene rings is 2. The second-order valence-electron chi connectivity index (χ2n) is 10.4. The summed E-state index contributed by atoms with van der Waals surface area (Å²) >= 11 is 1.68. The van der Waals surface area contributed by atoms with Gasteiger partial charge in [0.1, 0.15) is 28.6 Å². The molecule has 7 heteroatoms. The molecule has 1 aliphatic carbocycles. The van der Waals surface area contributed by atoms with E-state index in [4.69, 9.17) is 0 Å². The van der Waals surface area contributed by atoms with E-state index in [-0.39, 0.29) is 22.9 Å². The van der Waals surface area contributed by atoms with Crippen molar-refractivity contribution in [2.45, 2.75) is 51.5 Å². The summed E-state index contributed by atoms with van der Waals surface area (Å²) in [7, 11) is 0. The lowest BCUT2D eigenvalue weighted by Crippen LogP contribution is -2.29. The average Bonchev–Trinajstić information content (AvgIpc) is 3.48. The number of carbonyl (C=O) groups is 1. The number of fused-ring (bicyclic) bond motifs is 4. The molecule has 3 heterocycles. The van der Waals surface area contributed by atoms with Gasteiger partial charge in [-0.15, -0.1) is 11.3 Å². The maximum atomic E-state index is 13.4. The Bertz CT molecular complexity index is 1510. The van der Waals surface area contributed by atoms with Crippen LogP contribution in [0, 0.1) is 11.7 Å². The van der Waals surface area contributed by atoms with Crippen molar-refractivity contribution in [1.82, 2.24) is 9.97 Å². The Morgan fingerprint density at radius 2 is 2.00 bits per heavy atom. The summed E-state index contributed by atoms with van der Waals surface area (Å²) in [6.45, 7) is 4.86. The third kappa shape index (κ3) is 4.22. The molecule has 182 valence electrons. The molecule has 1 aliphatic heterocycles. The van der Waals surface area contributed by atoms with Gasteiger partial charge in [0.2, 0.25) is 0 Å². The number of thiophene rings is 1. The van der Waals surface area contributed by atoms with Gasteiger partial charge in [-0.25, -0.2) is 14.4 Å². The molecule has 2 aromatic carbocycles. The van der Waals surface area contributed by atoms with E-state index in [2.05, 4.69) is 52.3 Å². The highest BCUT2D eigenvalue weighted by Crippen LogP contribution is 2.41. The molecule has 0 spiro atoms. The van der Waals surface area contributed by atoms with Gasteiger partial charge < -0.3 is 5.32 Å². The van der Waals surface area contributed by atoms with E-state index in [1.165, 1.54) is 28.1 Å². The molecular weight excluding hydrogens is 471 g/mol. The van der Waals surface area contributed by atoms with Crippen LogP contribution in [0.25, 0.3) is 10.2 Å². The molecule has 0 fully saturated rings. The largest absolute Gasteiger partial charge is 0.340 e. The molecule has 5 nitrogen and oxygen atoms in total.